The molecule has 0 saturated heterocycles. The van der Waals surface area contributed by atoms with Crippen molar-refractivity contribution >= 4 is 11.7 Å². The van der Waals surface area contributed by atoms with E-state index in [0.29, 0.717) is 12.6 Å². The molecule has 0 aromatic heterocycles. The van der Waals surface area contributed by atoms with Gasteiger partial charge < -0.3 is 10.1 Å². The van der Waals surface area contributed by atoms with Crippen molar-refractivity contribution in [2.45, 2.75) is 6.42 Å². The van der Waals surface area contributed by atoms with Gasteiger partial charge in [0.15, 0.2) is 0 Å². The molecule has 2 aromatic carbocycles. The fraction of sp³-hybridized carbons (Fsp3) is 0.188. The molecule has 1 heterocycles. The fourth-order valence-electron chi connectivity index (χ4n) is 2.80. The van der Waals surface area contributed by atoms with Crippen LogP contribution in [0.4, 0.5) is 5.69 Å². The molecule has 2 aromatic rings. The van der Waals surface area contributed by atoms with Crippen LogP contribution in [0.3, 0.4) is 0 Å². The van der Waals surface area contributed by atoms with E-state index in [2.05, 4.69) is 52.8 Å². The maximum Gasteiger partial charge on any atom is 0.289 e. The number of nitrogens with one attached hydrogen (secondary N) is 1. The molecule has 2 aliphatic rings. The number of rotatable bonds is 1. The second-order valence-electron chi connectivity index (χ2n) is 4.83. The van der Waals surface area contributed by atoms with Crippen molar-refractivity contribution in [2.75, 3.05) is 18.5 Å². The van der Waals surface area contributed by atoms with Gasteiger partial charge >= 0.3 is 0 Å². The Bertz CT molecular complexity index is 676. The minimum absolute atomic E-state index is 0.643. The predicted molar refractivity (Wildman–Crippen MR) is 76.6 cm³/mol. The summed E-state index contributed by atoms with van der Waals surface area (Å²) in [6, 6.07) is 15.6. The zero-order chi connectivity index (χ0) is 12.7. The maximum atomic E-state index is 5.43. The molecule has 3 heteroatoms. The van der Waals surface area contributed by atoms with E-state index >= 15 is 0 Å². The van der Waals surface area contributed by atoms with Crippen molar-refractivity contribution in [2.24, 2.45) is 4.99 Å². The quantitative estimate of drug-likeness (QED) is 0.720. The summed E-state index contributed by atoms with van der Waals surface area (Å²) >= 11 is 0. The van der Waals surface area contributed by atoms with Gasteiger partial charge in [-0.2, -0.15) is 0 Å². The van der Waals surface area contributed by atoms with Crippen molar-refractivity contribution in [1.29, 1.82) is 0 Å². The highest BCUT2D eigenvalue weighted by Crippen LogP contribution is 2.39. The molecule has 0 atom stereocenters. The zero-order valence-corrected chi connectivity index (χ0v) is 10.5. The molecule has 3 nitrogen and oxygen atoms in total. The van der Waals surface area contributed by atoms with Gasteiger partial charge in [0.1, 0.15) is 6.61 Å². The Morgan fingerprint density at radius 3 is 2.79 bits per heavy atom. The van der Waals surface area contributed by atoms with Crippen LogP contribution in [0.25, 0.3) is 11.1 Å². The highest BCUT2D eigenvalue weighted by atomic mass is 16.5. The number of hydrogen-bond donors (Lipinski definition) is 1. The van der Waals surface area contributed by atoms with Crippen molar-refractivity contribution in [1.82, 2.24) is 0 Å². The molecule has 4 rings (SSSR count). The summed E-state index contributed by atoms with van der Waals surface area (Å²) in [5.74, 6) is 0. The first kappa shape index (κ1) is 10.6. The van der Waals surface area contributed by atoms with E-state index in [1.54, 1.807) is 0 Å². The van der Waals surface area contributed by atoms with Crippen LogP contribution in [0.1, 0.15) is 11.1 Å². The summed E-state index contributed by atoms with van der Waals surface area (Å²) in [6.45, 7) is 1.43. The molecular formula is C16H14N2O. The van der Waals surface area contributed by atoms with E-state index in [-0.39, 0.29) is 0 Å². The average molecular weight is 250 g/mol. The number of benzene rings is 2. The number of anilines is 1. The lowest BCUT2D eigenvalue weighted by molar-refractivity contribution is 0.346. The molecular weight excluding hydrogens is 236 g/mol. The molecule has 0 saturated carbocycles. The molecule has 1 aliphatic heterocycles. The smallest absolute Gasteiger partial charge is 0.289 e. The minimum atomic E-state index is 0.643. The van der Waals surface area contributed by atoms with E-state index in [9.17, 15) is 0 Å². The average Bonchev–Trinajstić information content (AvgIpc) is 3.06. The van der Waals surface area contributed by atoms with Gasteiger partial charge in [0.25, 0.3) is 6.02 Å². The van der Waals surface area contributed by atoms with Gasteiger partial charge in [-0.05, 0) is 28.3 Å². The van der Waals surface area contributed by atoms with Crippen molar-refractivity contribution < 1.29 is 4.74 Å². The third-order valence-corrected chi connectivity index (χ3v) is 3.68. The van der Waals surface area contributed by atoms with Crippen LogP contribution < -0.4 is 5.32 Å². The van der Waals surface area contributed by atoms with Crippen LogP contribution in [-0.4, -0.2) is 19.2 Å². The molecule has 0 spiro atoms. The van der Waals surface area contributed by atoms with E-state index in [1.165, 1.54) is 22.3 Å². The fourth-order valence-corrected chi connectivity index (χ4v) is 2.80. The van der Waals surface area contributed by atoms with Crippen LogP contribution in [0.5, 0.6) is 0 Å². The molecule has 19 heavy (non-hydrogen) atoms. The SMILES string of the molecule is c1ccc2c(c1)Cc1c(NC3=NCCO3)cccc1-2. The monoisotopic (exact) mass is 250 g/mol. The van der Waals surface area contributed by atoms with Crippen molar-refractivity contribution in [3.8, 4) is 11.1 Å². The van der Waals surface area contributed by atoms with Gasteiger partial charge in [-0.15, -0.1) is 0 Å². The van der Waals surface area contributed by atoms with Crippen molar-refractivity contribution in [3.05, 3.63) is 53.6 Å². The summed E-state index contributed by atoms with van der Waals surface area (Å²) in [5.41, 5.74) is 6.49. The third kappa shape index (κ3) is 1.70. The number of fused-ring (bicyclic) bond motifs is 3. The van der Waals surface area contributed by atoms with E-state index < -0.39 is 0 Å². The standard InChI is InChI=1S/C16H14N2O/c1-2-5-12-11(4-1)10-14-13(12)6-3-7-15(14)18-16-17-8-9-19-16/h1-7H,8-10H2,(H,17,18). The first-order valence-corrected chi connectivity index (χ1v) is 6.56. The maximum absolute atomic E-state index is 5.43. The summed E-state index contributed by atoms with van der Waals surface area (Å²) < 4.78 is 5.43. The van der Waals surface area contributed by atoms with E-state index in [1.807, 2.05) is 0 Å². The predicted octanol–water partition coefficient (Wildman–Crippen LogP) is 3.06. The highest BCUT2D eigenvalue weighted by molar-refractivity contribution is 5.93. The van der Waals surface area contributed by atoms with Gasteiger partial charge in [-0.1, -0.05) is 36.4 Å². The molecule has 1 aliphatic carbocycles. The second kappa shape index (κ2) is 4.12. The molecule has 0 amide bonds. The molecule has 1 N–H and O–H groups in total. The molecule has 0 radical (unpaired) electrons. The lowest BCUT2D eigenvalue weighted by Crippen LogP contribution is -2.13. The van der Waals surface area contributed by atoms with Crippen LogP contribution in [0, 0.1) is 0 Å². The number of amidine groups is 1. The molecule has 94 valence electrons. The van der Waals surface area contributed by atoms with Crippen molar-refractivity contribution in [3.63, 3.8) is 0 Å². The topological polar surface area (TPSA) is 33.6 Å². The number of nitrogens with zero attached hydrogens (tertiary/aromatic N) is 1. The van der Waals surface area contributed by atoms with Crippen LogP contribution in [0.15, 0.2) is 47.5 Å². The van der Waals surface area contributed by atoms with Gasteiger partial charge in [0, 0.05) is 12.1 Å². The van der Waals surface area contributed by atoms with Gasteiger partial charge in [-0.25, -0.2) is 4.99 Å². The first-order valence-electron chi connectivity index (χ1n) is 6.56. The first-order chi connectivity index (χ1) is 9.42. The summed E-state index contributed by atoms with van der Waals surface area (Å²) in [6.07, 6.45) is 0.974. The van der Waals surface area contributed by atoms with E-state index in [0.717, 1.165) is 18.7 Å². The normalized spacial score (nSPS) is 15.5. The summed E-state index contributed by atoms with van der Waals surface area (Å²) in [5, 5.41) is 3.30. The van der Waals surface area contributed by atoms with Gasteiger partial charge in [0.05, 0.1) is 6.54 Å². The van der Waals surface area contributed by atoms with E-state index in [4.69, 9.17) is 4.74 Å². The lowest BCUT2D eigenvalue weighted by Gasteiger charge is -2.10. The molecule has 0 unspecified atom stereocenters. The summed E-state index contributed by atoms with van der Waals surface area (Å²) in [7, 11) is 0. The Labute approximate surface area is 111 Å². The molecule has 0 bridgehead atoms. The Morgan fingerprint density at radius 1 is 1.00 bits per heavy atom. The van der Waals surface area contributed by atoms with Gasteiger partial charge in [-0.3, -0.25) is 0 Å². The van der Waals surface area contributed by atoms with Gasteiger partial charge in [0.2, 0.25) is 0 Å². The number of aliphatic imine (C=N–C) groups is 1. The Hall–Kier alpha value is -2.29. The zero-order valence-electron chi connectivity index (χ0n) is 10.5. The Balaban J connectivity index is 1.76. The van der Waals surface area contributed by atoms with Crippen LogP contribution >= 0.6 is 0 Å². The summed E-state index contributed by atoms with van der Waals surface area (Å²) in [4.78, 5) is 4.29. The lowest BCUT2D eigenvalue weighted by atomic mass is 10.1. The highest BCUT2D eigenvalue weighted by Gasteiger charge is 2.21. The minimum Gasteiger partial charge on any atom is -0.463 e. The Morgan fingerprint density at radius 2 is 1.89 bits per heavy atom. The second-order valence-corrected chi connectivity index (χ2v) is 4.83. The molecule has 0 fully saturated rings. The van der Waals surface area contributed by atoms with Crippen LogP contribution in [-0.2, 0) is 11.2 Å². The largest absolute Gasteiger partial charge is 0.463 e. The number of hydrogen-bond acceptors (Lipinski definition) is 3. The van der Waals surface area contributed by atoms with Crippen LogP contribution in [0.2, 0.25) is 0 Å². The Kier molecular flexibility index (Phi) is 2.30. The third-order valence-electron chi connectivity index (χ3n) is 3.68. The number of ether oxygens (including phenoxy) is 1.